The molecule has 0 aliphatic heterocycles. The minimum absolute atomic E-state index is 0.363. The molecule has 3 heteroatoms. The fourth-order valence-electron chi connectivity index (χ4n) is 6.31. The molecule has 0 aromatic heterocycles. The lowest BCUT2D eigenvalue weighted by molar-refractivity contribution is 0.0530. The largest absolute Gasteiger partial charge is 0.391 e. The Labute approximate surface area is 147 Å². The third kappa shape index (κ3) is 3.47. The molecule has 8 unspecified atom stereocenters. The average Bonchev–Trinajstić information content (AvgIpc) is 2.90. The van der Waals surface area contributed by atoms with Crippen molar-refractivity contribution in [3.05, 3.63) is 17.6 Å². The number of rotatable bonds is 4. The van der Waals surface area contributed by atoms with Gasteiger partial charge in [-0.2, -0.15) is 4.91 Å². The first-order valence-corrected chi connectivity index (χ1v) is 10.2. The molecule has 0 radical (unpaired) electrons. The minimum Gasteiger partial charge on any atom is -0.391 e. The highest BCUT2D eigenvalue weighted by atomic mass is 16.3. The van der Waals surface area contributed by atoms with Gasteiger partial charge in [0.25, 0.3) is 0 Å². The third-order valence-corrected chi connectivity index (χ3v) is 7.98. The number of nitroso groups, excluding NO2 is 1. The molecule has 0 heterocycles. The van der Waals surface area contributed by atoms with E-state index in [-0.39, 0.29) is 6.04 Å². The van der Waals surface area contributed by atoms with Crippen molar-refractivity contribution in [2.45, 2.75) is 77.4 Å². The second-order valence-corrected chi connectivity index (χ2v) is 9.02. The summed E-state index contributed by atoms with van der Waals surface area (Å²) in [5.41, 5.74) is 0. The number of nitrogens with zero attached hydrogens (tertiary/aromatic N) is 1. The summed E-state index contributed by atoms with van der Waals surface area (Å²) in [4.78, 5) is 10.8. The highest BCUT2D eigenvalue weighted by Crippen LogP contribution is 2.53. The Morgan fingerprint density at radius 1 is 0.958 bits per heavy atom. The quantitative estimate of drug-likeness (QED) is 0.569. The number of hydrogen-bond acceptors (Lipinski definition) is 3. The summed E-state index contributed by atoms with van der Waals surface area (Å²) in [5, 5.41) is 13.3. The molecule has 3 saturated carbocycles. The van der Waals surface area contributed by atoms with Gasteiger partial charge in [0, 0.05) is 0 Å². The Hall–Kier alpha value is -0.700. The van der Waals surface area contributed by atoms with E-state index in [0.717, 1.165) is 54.8 Å². The van der Waals surface area contributed by atoms with E-state index in [1.165, 1.54) is 32.1 Å². The van der Waals surface area contributed by atoms with Gasteiger partial charge in [-0.25, -0.2) is 0 Å². The first kappa shape index (κ1) is 18.1. The summed E-state index contributed by atoms with van der Waals surface area (Å²) >= 11 is 0. The Bertz CT molecular complexity index is 451. The van der Waals surface area contributed by atoms with E-state index in [9.17, 15) is 10.0 Å². The predicted octanol–water partition coefficient (Wildman–Crippen LogP) is 5.18. The van der Waals surface area contributed by atoms with Crippen molar-refractivity contribution in [1.29, 1.82) is 0 Å². The summed E-state index contributed by atoms with van der Waals surface area (Å²) in [7, 11) is 0. The van der Waals surface area contributed by atoms with Gasteiger partial charge in [0.15, 0.2) is 0 Å². The molecular formula is C21H35NO2. The minimum atomic E-state index is -0.511. The molecule has 24 heavy (non-hydrogen) atoms. The zero-order valence-electron chi connectivity index (χ0n) is 15.4. The molecule has 3 aliphatic rings. The van der Waals surface area contributed by atoms with Crippen LogP contribution in [-0.2, 0) is 0 Å². The lowest BCUT2D eigenvalue weighted by Gasteiger charge is -2.35. The second kappa shape index (κ2) is 7.68. The predicted molar refractivity (Wildman–Crippen MR) is 98.5 cm³/mol. The molecule has 0 saturated heterocycles. The average molecular weight is 334 g/mol. The van der Waals surface area contributed by atoms with Gasteiger partial charge in [-0.1, -0.05) is 37.9 Å². The molecule has 3 nitrogen and oxygen atoms in total. The van der Waals surface area contributed by atoms with Crippen LogP contribution in [0.2, 0.25) is 0 Å². The standard InChI is InChI=1S/C21H35NO2/c1-4-15-6-5-7-16(10-15)18-12-19(14(3)13(18)2)17-8-9-20(22-24)21(23)11-17/h4,13-21,23H,1,5-12H2,2-3H3/t13?,14?,15?,16?,17?,18?,19?,20?,21-/m0/s1. The van der Waals surface area contributed by atoms with E-state index in [2.05, 4.69) is 31.7 Å². The van der Waals surface area contributed by atoms with Crippen LogP contribution in [0.15, 0.2) is 17.8 Å². The summed E-state index contributed by atoms with van der Waals surface area (Å²) in [6, 6.07) is -0.363. The maximum atomic E-state index is 10.8. The van der Waals surface area contributed by atoms with E-state index >= 15 is 0 Å². The van der Waals surface area contributed by atoms with Gasteiger partial charge in [-0.05, 0) is 80.0 Å². The Kier molecular flexibility index (Phi) is 5.79. The van der Waals surface area contributed by atoms with Crippen LogP contribution in [0.1, 0.15) is 65.2 Å². The van der Waals surface area contributed by atoms with Gasteiger partial charge >= 0.3 is 0 Å². The number of aliphatic hydroxyl groups excluding tert-OH is 1. The first-order valence-electron chi connectivity index (χ1n) is 10.2. The van der Waals surface area contributed by atoms with Crippen LogP contribution in [0.5, 0.6) is 0 Å². The molecule has 0 spiro atoms. The van der Waals surface area contributed by atoms with Crippen LogP contribution < -0.4 is 0 Å². The summed E-state index contributed by atoms with van der Waals surface area (Å²) in [6.45, 7) is 8.92. The maximum Gasteiger partial charge on any atom is 0.118 e. The topological polar surface area (TPSA) is 49.7 Å². The molecule has 9 atom stereocenters. The zero-order chi connectivity index (χ0) is 17.3. The van der Waals surface area contributed by atoms with Crippen LogP contribution in [0.4, 0.5) is 0 Å². The van der Waals surface area contributed by atoms with Gasteiger partial charge in [0.05, 0.1) is 6.10 Å². The molecular weight excluding hydrogens is 298 g/mol. The Morgan fingerprint density at radius 3 is 2.21 bits per heavy atom. The van der Waals surface area contributed by atoms with Gasteiger partial charge < -0.3 is 5.11 Å². The first-order chi connectivity index (χ1) is 11.5. The molecule has 1 N–H and O–H groups in total. The Morgan fingerprint density at radius 2 is 1.62 bits per heavy atom. The fraction of sp³-hybridized carbons (Fsp3) is 0.905. The molecule has 0 bridgehead atoms. The van der Waals surface area contributed by atoms with Crippen molar-refractivity contribution < 1.29 is 5.11 Å². The summed E-state index contributed by atoms with van der Waals surface area (Å²) < 4.78 is 0. The zero-order valence-corrected chi connectivity index (χ0v) is 15.4. The van der Waals surface area contributed by atoms with Crippen molar-refractivity contribution in [2.75, 3.05) is 0 Å². The normalized spacial score (nSPS) is 49.7. The van der Waals surface area contributed by atoms with E-state index in [1.54, 1.807) is 0 Å². The van der Waals surface area contributed by atoms with Crippen LogP contribution in [0, 0.1) is 46.3 Å². The summed E-state index contributed by atoms with van der Waals surface area (Å²) in [5.74, 6) is 5.24. The van der Waals surface area contributed by atoms with E-state index in [0.29, 0.717) is 5.92 Å². The molecule has 0 aromatic carbocycles. The smallest absolute Gasteiger partial charge is 0.118 e. The van der Waals surface area contributed by atoms with Crippen molar-refractivity contribution in [2.24, 2.45) is 46.6 Å². The van der Waals surface area contributed by atoms with Gasteiger partial charge in [0.1, 0.15) is 6.04 Å². The molecule has 136 valence electrons. The van der Waals surface area contributed by atoms with Crippen LogP contribution >= 0.6 is 0 Å². The molecule has 3 fully saturated rings. The number of hydrogen-bond donors (Lipinski definition) is 1. The van der Waals surface area contributed by atoms with Crippen LogP contribution in [0.25, 0.3) is 0 Å². The summed E-state index contributed by atoms with van der Waals surface area (Å²) in [6.07, 6.45) is 11.0. The maximum absolute atomic E-state index is 10.8. The van der Waals surface area contributed by atoms with E-state index in [4.69, 9.17) is 0 Å². The van der Waals surface area contributed by atoms with Crippen LogP contribution in [0.3, 0.4) is 0 Å². The highest BCUT2D eigenvalue weighted by molar-refractivity contribution is 4.98. The monoisotopic (exact) mass is 333 g/mol. The lowest BCUT2D eigenvalue weighted by atomic mass is 9.71. The molecule has 0 amide bonds. The number of allylic oxidation sites excluding steroid dienone is 1. The van der Waals surface area contributed by atoms with Gasteiger partial charge in [-0.3, -0.25) is 0 Å². The number of aliphatic hydroxyl groups is 1. The Balaban J connectivity index is 1.64. The van der Waals surface area contributed by atoms with Crippen molar-refractivity contribution in [3.8, 4) is 0 Å². The fourth-order valence-corrected chi connectivity index (χ4v) is 6.31. The van der Waals surface area contributed by atoms with E-state index < -0.39 is 6.10 Å². The SMILES string of the molecule is C=CC1CCCC(C2CC(C3CCC(N=O)[C@@H](O)C3)C(C)C2C)C1. The van der Waals surface area contributed by atoms with Crippen molar-refractivity contribution in [1.82, 2.24) is 0 Å². The van der Waals surface area contributed by atoms with Gasteiger partial charge in [0.2, 0.25) is 0 Å². The molecule has 3 rings (SSSR count). The second-order valence-electron chi connectivity index (χ2n) is 9.02. The lowest BCUT2D eigenvalue weighted by Crippen LogP contribution is -2.35. The highest BCUT2D eigenvalue weighted by Gasteiger charge is 2.46. The third-order valence-electron chi connectivity index (χ3n) is 7.98. The molecule has 3 aliphatic carbocycles. The van der Waals surface area contributed by atoms with Crippen molar-refractivity contribution >= 4 is 0 Å². The van der Waals surface area contributed by atoms with Gasteiger partial charge in [-0.15, -0.1) is 6.58 Å². The van der Waals surface area contributed by atoms with Crippen molar-refractivity contribution in [3.63, 3.8) is 0 Å². The molecule has 0 aromatic rings. The van der Waals surface area contributed by atoms with E-state index in [1.807, 2.05) is 0 Å². The van der Waals surface area contributed by atoms with Crippen LogP contribution in [-0.4, -0.2) is 17.3 Å².